The molecule has 0 radical (unpaired) electrons. The summed E-state index contributed by atoms with van der Waals surface area (Å²) in [4.78, 5) is 11.1. The number of amides is 1. The van der Waals surface area contributed by atoms with Crippen molar-refractivity contribution in [1.82, 2.24) is 5.32 Å². The van der Waals surface area contributed by atoms with Crippen molar-refractivity contribution in [2.75, 3.05) is 20.3 Å². The van der Waals surface area contributed by atoms with E-state index in [2.05, 4.69) is 54.6 Å². The van der Waals surface area contributed by atoms with Crippen LogP contribution in [0.15, 0.2) is 18.2 Å². The van der Waals surface area contributed by atoms with Crippen molar-refractivity contribution in [2.24, 2.45) is 0 Å². The predicted molar refractivity (Wildman–Crippen MR) is 99.3 cm³/mol. The molecule has 1 aromatic rings. The first-order valence-corrected chi connectivity index (χ1v) is 11.7. The number of methoxy groups -OCH3 is 1. The average molecular weight is 332 g/mol. The van der Waals surface area contributed by atoms with E-state index in [0.717, 1.165) is 31.4 Å². The minimum atomic E-state index is -1.40. The Morgan fingerprint density at radius 1 is 1.26 bits per heavy atom. The Bertz CT molecular complexity index is 579. The normalized spacial score (nSPS) is 10.8. The Balaban J connectivity index is 2.92. The van der Waals surface area contributed by atoms with E-state index in [9.17, 15) is 4.79 Å². The van der Waals surface area contributed by atoms with Gasteiger partial charge in [0.1, 0.15) is 8.07 Å². The van der Waals surface area contributed by atoms with Crippen molar-refractivity contribution < 1.29 is 9.53 Å². The molecule has 0 atom stereocenters. The van der Waals surface area contributed by atoms with Gasteiger partial charge in [0.15, 0.2) is 0 Å². The van der Waals surface area contributed by atoms with Crippen molar-refractivity contribution >= 4 is 14.0 Å². The second-order valence-electron chi connectivity index (χ2n) is 6.82. The van der Waals surface area contributed by atoms with Gasteiger partial charge in [-0.05, 0) is 36.5 Å². The van der Waals surface area contributed by atoms with Crippen molar-refractivity contribution in [3.63, 3.8) is 0 Å². The van der Waals surface area contributed by atoms with Crippen LogP contribution in [0.4, 0.5) is 0 Å². The maximum absolute atomic E-state index is 11.1. The van der Waals surface area contributed by atoms with Gasteiger partial charge in [0.2, 0.25) is 5.91 Å². The molecule has 0 bridgehead atoms. The molecule has 23 heavy (non-hydrogen) atoms. The number of aryl methyl sites for hydroxylation is 1. The molecule has 1 amide bonds. The minimum absolute atomic E-state index is 0.0102. The fourth-order valence-electron chi connectivity index (χ4n) is 2.18. The summed E-state index contributed by atoms with van der Waals surface area (Å²) in [5, 5.41) is 2.87. The quantitative estimate of drug-likeness (QED) is 0.473. The standard InChI is InChI=1S/C19H29NO2Si/c1-16(21)20-12-10-19-15-17(7-6-13-22-2)8-9-18(19)11-14-23(3,4)5/h8-9,15H,6-7,10,12-13H2,1-5H3,(H,20,21). The second kappa shape index (κ2) is 9.54. The molecule has 0 saturated carbocycles. The number of carbonyl (C=O) groups is 1. The van der Waals surface area contributed by atoms with E-state index in [-0.39, 0.29) is 5.91 Å². The average Bonchev–Trinajstić information content (AvgIpc) is 2.45. The third-order valence-electron chi connectivity index (χ3n) is 3.32. The van der Waals surface area contributed by atoms with Gasteiger partial charge in [0.25, 0.3) is 0 Å². The number of hydrogen-bond donors (Lipinski definition) is 1. The molecule has 0 unspecified atom stereocenters. The van der Waals surface area contributed by atoms with E-state index in [1.54, 1.807) is 14.0 Å². The van der Waals surface area contributed by atoms with Gasteiger partial charge < -0.3 is 10.1 Å². The van der Waals surface area contributed by atoms with Crippen LogP contribution >= 0.6 is 0 Å². The number of carbonyl (C=O) groups excluding carboxylic acids is 1. The smallest absolute Gasteiger partial charge is 0.216 e. The van der Waals surface area contributed by atoms with Gasteiger partial charge >= 0.3 is 0 Å². The molecule has 1 rings (SSSR count). The largest absolute Gasteiger partial charge is 0.385 e. The van der Waals surface area contributed by atoms with Crippen LogP contribution in [0.5, 0.6) is 0 Å². The molecule has 0 heterocycles. The molecule has 126 valence electrons. The summed E-state index contributed by atoms with van der Waals surface area (Å²) in [7, 11) is 0.331. The number of rotatable bonds is 7. The van der Waals surface area contributed by atoms with Crippen LogP contribution in [0.25, 0.3) is 0 Å². The lowest BCUT2D eigenvalue weighted by molar-refractivity contribution is -0.118. The number of ether oxygens (including phenoxy) is 1. The van der Waals surface area contributed by atoms with E-state index in [1.807, 2.05) is 0 Å². The highest BCUT2D eigenvalue weighted by molar-refractivity contribution is 6.83. The topological polar surface area (TPSA) is 38.3 Å². The van der Waals surface area contributed by atoms with E-state index >= 15 is 0 Å². The molecular formula is C19H29NO2Si. The van der Waals surface area contributed by atoms with Crippen molar-refractivity contribution in [3.8, 4) is 11.5 Å². The fraction of sp³-hybridized carbons (Fsp3) is 0.526. The van der Waals surface area contributed by atoms with Gasteiger partial charge in [0, 0.05) is 32.7 Å². The van der Waals surface area contributed by atoms with E-state index in [1.165, 1.54) is 11.1 Å². The summed E-state index contributed by atoms with van der Waals surface area (Å²) >= 11 is 0. The Hall–Kier alpha value is -1.57. The molecule has 1 N–H and O–H groups in total. The SMILES string of the molecule is COCCCc1ccc(C#C[Si](C)(C)C)c(CCNC(C)=O)c1. The molecule has 0 spiro atoms. The van der Waals surface area contributed by atoms with Crippen LogP contribution in [0.3, 0.4) is 0 Å². The van der Waals surface area contributed by atoms with Gasteiger partial charge in [-0.15, -0.1) is 5.54 Å². The highest BCUT2D eigenvalue weighted by atomic mass is 28.3. The molecular weight excluding hydrogens is 302 g/mol. The lowest BCUT2D eigenvalue weighted by Gasteiger charge is -2.10. The zero-order chi connectivity index (χ0) is 17.3. The summed E-state index contributed by atoms with van der Waals surface area (Å²) in [6.07, 6.45) is 2.83. The van der Waals surface area contributed by atoms with E-state index in [4.69, 9.17) is 4.74 Å². The van der Waals surface area contributed by atoms with E-state index in [0.29, 0.717) is 6.54 Å². The zero-order valence-corrected chi connectivity index (χ0v) is 16.1. The Kier molecular flexibility index (Phi) is 8.08. The summed E-state index contributed by atoms with van der Waals surface area (Å²) in [6, 6.07) is 6.51. The lowest BCUT2D eigenvalue weighted by Crippen LogP contribution is -2.22. The summed E-state index contributed by atoms with van der Waals surface area (Å²) < 4.78 is 5.12. The molecule has 1 aromatic carbocycles. The van der Waals surface area contributed by atoms with Crippen LogP contribution in [0.1, 0.15) is 30.0 Å². The molecule has 0 aliphatic rings. The molecule has 0 saturated heterocycles. The maximum Gasteiger partial charge on any atom is 0.216 e. The van der Waals surface area contributed by atoms with Crippen molar-refractivity contribution in [3.05, 3.63) is 34.9 Å². The molecule has 4 heteroatoms. The number of hydrogen-bond acceptors (Lipinski definition) is 2. The summed E-state index contributed by atoms with van der Waals surface area (Å²) in [5.74, 6) is 3.37. The zero-order valence-electron chi connectivity index (χ0n) is 15.1. The fourth-order valence-corrected chi connectivity index (χ4v) is 2.69. The van der Waals surface area contributed by atoms with Crippen LogP contribution in [-0.4, -0.2) is 34.2 Å². The monoisotopic (exact) mass is 331 g/mol. The minimum Gasteiger partial charge on any atom is -0.385 e. The van der Waals surface area contributed by atoms with Crippen molar-refractivity contribution in [2.45, 2.75) is 45.8 Å². The summed E-state index contributed by atoms with van der Waals surface area (Å²) in [6.45, 7) is 9.71. The van der Waals surface area contributed by atoms with Gasteiger partial charge in [-0.1, -0.05) is 37.7 Å². The Morgan fingerprint density at radius 3 is 2.61 bits per heavy atom. The first-order valence-electron chi connectivity index (χ1n) is 8.20. The molecule has 0 aromatic heterocycles. The maximum atomic E-state index is 11.1. The molecule has 0 fully saturated rings. The first-order chi connectivity index (χ1) is 10.8. The predicted octanol–water partition coefficient (Wildman–Crippen LogP) is 3.17. The third-order valence-corrected chi connectivity index (χ3v) is 4.20. The van der Waals surface area contributed by atoms with Gasteiger partial charge in [-0.25, -0.2) is 0 Å². The van der Waals surface area contributed by atoms with Crippen LogP contribution in [0.2, 0.25) is 19.6 Å². The summed E-state index contributed by atoms with van der Waals surface area (Å²) in [5.41, 5.74) is 7.05. The Morgan fingerprint density at radius 2 is 2.00 bits per heavy atom. The number of benzene rings is 1. The Labute approximate surface area is 141 Å². The van der Waals surface area contributed by atoms with Gasteiger partial charge in [-0.2, -0.15) is 0 Å². The molecule has 3 nitrogen and oxygen atoms in total. The van der Waals surface area contributed by atoms with Crippen LogP contribution in [0, 0.1) is 11.5 Å². The second-order valence-corrected chi connectivity index (χ2v) is 11.6. The van der Waals surface area contributed by atoms with E-state index < -0.39 is 8.07 Å². The molecule has 0 aliphatic heterocycles. The van der Waals surface area contributed by atoms with Crippen LogP contribution in [-0.2, 0) is 22.4 Å². The highest BCUT2D eigenvalue weighted by Crippen LogP contribution is 2.14. The lowest BCUT2D eigenvalue weighted by atomic mass is 9.99. The van der Waals surface area contributed by atoms with Gasteiger partial charge in [0.05, 0.1) is 0 Å². The van der Waals surface area contributed by atoms with Crippen molar-refractivity contribution in [1.29, 1.82) is 0 Å². The molecule has 0 aliphatic carbocycles. The van der Waals surface area contributed by atoms with Gasteiger partial charge in [-0.3, -0.25) is 4.79 Å². The first kappa shape index (κ1) is 19.5. The third kappa shape index (κ3) is 8.58. The number of nitrogens with one attached hydrogen (secondary N) is 1. The van der Waals surface area contributed by atoms with Crippen LogP contribution < -0.4 is 5.32 Å². The highest BCUT2D eigenvalue weighted by Gasteiger charge is 2.09.